The number of pyridine rings is 1. The maximum atomic E-state index is 15.2. The molecule has 2 fully saturated rings. The number of rotatable bonds is 11. The van der Waals surface area contributed by atoms with E-state index in [1.807, 2.05) is 19.1 Å². The van der Waals surface area contributed by atoms with Gasteiger partial charge in [-0.25, -0.2) is 9.37 Å². The Morgan fingerprint density at radius 2 is 1.95 bits per heavy atom. The molecule has 0 spiro atoms. The van der Waals surface area contributed by atoms with Crippen LogP contribution in [-0.2, 0) is 22.5 Å². The fourth-order valence-electron chi connectivity index (χ4n) is 7.05. The predicted molar refractivity (Wildman–Crippen MR) is 162 cm³/mol. The first-order chi connectivity index (χ1) is 20.9. The lowest BCUT2D eigenvalue weighted by atomic mass is 9.82. The van der Waals surface area contributed by atoms with Gasteiger partial charge in [0.1, 0.15) is 17.7 Å². The Bertz CT molecular complexity index is 1470. The van der Waals surface area contributed by atoms with E-state index in [9.17, 15) is 9.90 Å². The SMILES string of the molecule is COC[C@H]1CCCN1Cc1cc(C2CCc3ccc(C(C4CC4)[C@H](C)C(=O)O)cc3O2)ccc1-c1cc(OC)ncc1F. The second-order valence-corrected chi connectivity index (χ2v) is 12.3. The van der Waals surface area contributed by atoms with Crippen molar-refractivity contribution in [3.05, 3.63) is 76.7 Å². The molecule has 1 saturated carbocycles. The highest BCUT2D eigenvalue weighted by molar-refractivity contribution is 5.71. The number of halogens is 1. The number of carbonyl (C=O) groups is 1. The minimum Gasteiger partial charge on any atom is -0.485 e. The first kappa shape index (κ1) is 29.6. The molecular formula is C35H41FN2O5. The van der Waals surface area contributed by atoms with E-state index in [0.29, 0.717) is 36.6 Å². The number of carboxylic acid groups (broad SMARTS) is 1. The smallest absolute Gasteiger partial charge is 0.306 e. The summed E-state index contributed by atoms with van der Waals surface area (Å²) in [6.07, 6.45) is 7.09. The lowest BCUT2D eigenvalue weighted by Crippen LogP contribution is -2.32. The molecule has 0 radical (unpaired) electrons. The summed E-state index contributed by atoms with van der Waals surface area (Å²) in [6, 6.07) is 14.5. The number of hydrogen-bond acceptors (Lipinski definition) is 6. The topological polar surface area (TPSA) is 81.1 Å². The van der Waals surface area contributed by atoms with E-state index in [4.69, 9.17) is 14.2 Å². The highest BCUT2D eigenvalue weighted by Gasteiger charge is 2.39. The van der Waals surface area contributed by atoms with Gasteiger partial charge in [0.2, 0.25) is 5.88 Å². The molecule has 4 atom stereocenters. The lowest BCUT2D eigenvalue weighted by Gasteiger charge is -2.30. The first-order valence-corrected chi connectivity index (χ1v) is 15.4. The second kappa shape index (κ2) is 12.6. The van der Waals surface area contributed by atoms with E-state index in [1.165, 1.54) is 13.3 Å². The standard InChI is InChI=1S/C35H41FN2O5/c1-21(35(39)40)34(23-7-8-23)25-9-6-22-11-13-31(43-32(22)16-25)24-10-12-28(29-17-33(42-3)37-18-30(29)36)26(15-24)19-38-14-4-5-27(38)20-41-2/h6,9-10,12,15-18,21,23,27,31,34H,4-5,7-8,11,13-14,19-20H2,1-3H3,(H,39,40)/t21-,27+,31?,34?/m0/s1. The van der Waals surface area contributed by atoms with Crippen LogP contribution in [0.15, 0.2) is 48.7 Å². The van der Waals surface area contributed by atoms with Crippen molar-refractivity contribution in [1.82, 2.24) is 9.88 Å². The van der Waals surface area contributed by atoms with E-state index in [2.05, 4.69) is 34.1 Å². The predicted octanol–water partition coefficient (Wildman–Crippen LogP) is 6.79. The summed E-state index contributed by atoms with van der Waals surface area (Å²) < 4.78 is 32.6. The molecule has 8 heteroatoms. The van der Waals surface area contributed by atoms with Gasteiger partial charge in [-0.1, -0.05) is 37.3 Å². The van der Waals surface area contributed by atoms with Crippen molar-refractivity contribution in [1.29, 1.82) is 0 Å². The van der Waals surface area contributed by atoms with Crippen molar-refractivity contribution in [3.8, 4) is 22.8 Å². The average Bonchev–Trinajstić information content (AvgIpc) is 3.76. The van der Waals surface area contributed by atoms with Gasteiger partial charge in [0.25, 0.3) is 0 Å². The van der Waals surface area contributed by atoms with Crippen molar-refractivity contribution in [2.45, 2.75) is 70.1 Å². The van der Waals surface area contributed by atoms with Crippen LogP contribution in [0.5, 0.6) is 11.6 Å². The van der Waals surface area contributed by atoms with Crippen LogP contribution < -0.4 is 9.47 Å². The van der Waals surface area contributed by atoms with E-state index < -0.39 is 11.9 Å². The fourth-order valence-corrected chi connectivity index (χ4v) is 7.05. The number of carboxylic acids is 1. The molecule has 3 heterocycles. The summed E-state index contributed by atoms with van der Waals surface area (Å²) in [7, 11) is 3.27. The molecule has 43 heavy (non-hydrogen) atoms. The first-order valence-electron chi connectivity index (χ1n) is 15.4. The number of fused-ring (bicyclic) bond motifs is 1. The molecule has 3 aliphatic rings. The zero-order valence-corrected chi connectivity index (χ0v) is 25.2. The van der Waals surface area contributed by atoms with E-state index >= 15 is 4.39 Å². The number of benzene rings is 2. The summed E-state index contributed by atoms with van der Waals surface area (Å²) in [5, 5.41) is 9.77. The van der Waals surface area contributed by atoms with Crippen molar-refractivity contribution in [2.24, 2.45) is 11.8 Å². The zero-order valence-electron chi connectivity index (χ0n) is 25.2. The molecule has 2 unspecified atom stereocenters. The summed E-state index contributed by atoms with van der Waals surface area (Å²) >= 11 is 0. The normalized spacial score (nSPS) is 21.6. The third-order valence-corrected chi connectivity index (χ3v) is 9.54. The van der Waals surface area contributed by atoms with Gasteiger partial charge in [-0.2, -0.15) is 0 Å². The number of ether oxygens (including phenoxy) is 3. The molecule has 7 nitrogen and oxygen atoms in total. The number of aliphatic carboxylic acids is 1. The van der Waals surface area contributed by atoms with Crippen molar-refractivity contribution in [3.63, 3.8) is 0 Å². The third-order valence-electron chi connectivity index (χ3n) is 9.54. The Morgan fingerprint density at radius 1 is 1.12 bits per heavy atom. The molecule has 228 valence electrons. The van der Waals surface area contributed by atoms with Crippen LogP contribution in [0.4, 0.5) is 4.39 Å². The molecule has 0 bridgehead atoms. The number of aryl methyl sites for hydroxylation is 1. The number of likely N-dealkylation sites (tertiary alicyclic amines) is 1. The molecule has 2 aliphatic heterocycles. The van der Waals surface area contributed by atoms with Gasteiger partial charge in [-0.3, -0.25) is 9.69 Å². The maximum Gasteiger partial charge on any atom is 0.306 e. The second-order valence-electron chi connectivity index (χ2n) is 12.3. The number of aromatic nitrogens is 1. The van der Waals surface area contributed by atoms with Crippen LogP contribution in [-0.4, -0.2) is 54.4 Å². The summed E-state index contributed by atoms with van der Waals surface area (Å²) in [5.41, 5.74) is 5.57. The van der Waals surface area contributed by atoms with Gasteiger partial charge in [-0.15, -0.1) is 0 Å². The Labute approximate surface area is 253 Å². The van der Waals surface area contributed by atoms with Crippen LogP contribution in [0.2, 0.25) is 0 Å². The van der Waals surface area contributed by atoms with Crippen LogP contribution in [0.1, 0.15) is 73.3 Å². The number of hydrogen-bond donors (Lipinski definition) is 1. The Hall–Kier alpha value is -3.49. The van der Waals surface area contributed by atoms with E-state index in [-0.39, 0.29) is 17.8 Å². The monoisotopic (exact) mass is 588 g/mol. The van der Waals surface area contributed by atoms with Crippen LogP contribution in [0.25, 0.3) is 11.1 Å². The molecule has 1 N–H and O–H groups in total. The van der Waals surface area contributed by atoms with E-state index in [1.54, 1.807) is 13.2 Å². The molecular weight excluding hydrogens is 547 g/mol. The van der Waals surface area contributed by atoms with Gasteiger partial charge in [0.15, 0.2) is 0 Å². The molecule has 3 aromatic rings. The van der Waals surface area contributed by atoms with Crippen LogP contribution >= 0.6 is 0 Å². The third kappa shape index (κ3) is 6.27. The Kier molecular flexibility index (Phi) is 8.68. The Balaban J connectivity index is 1.32. The van der Waals surface area contributed by atoms with Gasteiger partial charge in [-0.05, 0) is 90.8 Å². The number of nitrogens with zero attached hydrogens (tertiary/aromatic N) is 2. The van der Waals surface area contributed by atoms with Crippen molar-refractivity contribution < 1.29 is 28.5 Å². The van der Waals surface area contributed by atoms with Gasteiger partial charge < -0.3 is 19.3 Å². The van der Waals surface area contributed by atoms with Crippen molar-refractivity contribution >= 4 is 5.97 Å². The highest BCUT2D eigenvalue weighted by atomic mass is 19.1. The molecule has 0 amide bonds. The van der Waals surface area contributed by atoms with Crippen LogP contribution in [0.3, 0.4) is 0 Å². The quantitative estimate of drug-likeness (QED) is 0.264. The van der Waals surface area contributed by atoms with Gasteiger partial charge >= 0.3 is 5.97 Å². The Morgan fingerprint density at radius 3 is 2.70 bits per heavy atom. The molecule has 2 aromatic carbocycles. The maximum absolute atomic E-state index is 15.2. The van der Waals surface area contributed by atoms with Crippen LogP contribution in [0, 0.1) is 17.7 Å². The molecule has 1 aromatic heterocycles. The summed E-state index contributed by atoms with van der Waals surface area (Å²) in [4.78, 5) is 18.4. The zero-order chi connectivity index (χ0) is 30.1. The highest BCUT2D eigenvalue weighted by Crippen LogP contribution is 2.48. The minimum atomic E-state index is -0.755. The molecule has 1 saturated heterocycles. The number of methoxy groups -OCH3 is 2. The summed E-state index contributed by atoms with van der Waals surface area (Å²) in [6.45, 7) is 4.12. The summed E-state index contributed by atoms with van der Waals surface area (Å²) in [5.74, 6) is 0.0289. The molecule has 6 rings (SSSR count). The van der Waals surface area contributed by atoms with Gasteiger partial charge in [0, 0.05) is 31.3 Å². The van der Waals surface area contributed by atoms with E-state index in [0.717, 1.165) is 78.6 Å². The lowest BCUT2D eigenvalue weighted by molar-refractivity contribution is -0.142. The minimum absolute atomic E-state index is 0.00887. The fraction of sp³-hybridized carbons (Fsp3) is 0.486. The largest absolute Gasteiger partial charge is 0.485 e. The van der Waals surface area contributed by atoms with Gasteiger partial charge in [0.05, 0.1) is 25.8 Å². The average molecular weight is 589 g/mol. The van der Waals surface area contributed by atoms with Crippen molar-refractivity contribution in [2.75, 3.05) is 27.4 Å². The molecule has 1 aliphatic carbocycles.